The quantitative estimate of drug-likeness (QED) is 0.678. The van der Waals surface area contributed by atoms with Gasteiger partial charge in [-0.1, -0.05) is 52.9 Å². The van der Waals surface area contributed by atoms with Crippen LogP contribution in [0.1, 0.15) is 72.1 Å². The minimum absolute atomic E-state index is 0.642. The largest absolute Gasteiger partial charge is 0.316 e. The third-order valence-corrected chi connectivity index (χ3v) is 4.23. The number of hydrogen-bond acceptors (Lipinski definition) is 1. The first-order chi connectivity index (χ1) is 7.72. The SMILES string of the molecule is CCCC(C)CC1(CNCC)CCCCC1. The molecule has 1 heteroatoms. The Morgan fingerprint density at radius 3 is 2.38 bits per heavy atom. The Bertz CT molecular complexity index is 170. The van der Waals surface area contributed by atoms with Gasteiger partial charge in [0.05, 0.1) is 0 Å². The summed E-state index contributed by atoms with van der Waals surface area (Å²) in [5.41, 5.74) is 0.642. The molecular weight excluding hydrogens is 194 g/mol. The van der Waals surface area contributed by atoms with E-state index in [1.807, 2.05) is 0 Å². The third-order valence-electron chi connectivity index (χ3n) is 4.23. The first-order valence-corrected chi connectivity index (χ1v) is 7.43. The lowest BCUT2D eigenvalue weighted by atomic mass is 9.68. The molecule has 96 valence electrons. The molecule has 1 atom stereocenters. The van der Waals surface area contributed by atoms with Gasteiger partial charge >= 0.3 is 0 Å². The maximum atomic E-state index is 3.61. The molecule has 0 aliphatic heterocycles. The van der Waals surface area contributed by atoms with Crippen molar-refractivity contribution in [2.75, 3.05) is 13.1 Å². The lowest BCUT2D eigenvalue weighted by Crippen LogP contribution is -2.37. The Balaban J connectivity index is 2.47. The van der Waals surface area contributed by atoms with E-state index in [1.165, 1.54) is 57.9 Å². The summed E-state index contributed by atoms with van der Waals surface area (Å²) < 4.78 is 0. The summed E-state index contributed by atoms with van der Waals surface area (Å²) in [6.45, 7) is 9.38. The van der Waals surface area contributed by atoms with E-state index in [-0.39, 0.29) is 0 Å². The van der Waals surface area contributed by atoms with Crippen molar-refractivity contribution in [2.45, 2.75) is 72.1 Å². The van der Waals surface area contributed by atoms with Gasteiger partial charge in [0.25, 0.3) is 0 Å². The van der Waals surface area contributed by atoms with Crippen LogP contribution in [0.25, 0.3) is 0 Å². The summed E-state index contributed by atoms with van der Waals surface area (Å²) in [5.74, 6) is 0.918. The van der Waals surface area contributed by atoms with Crippen LogP contribution in [-0.4, -0.2) is 13.1 Å². The van der Waals surface area contributed by atoms with Gasteiger partial charge in [0.2, 0.25) is 0 Å². The highest BCUT2D eigenvalue weighted by atomic mass is 14.9. The Labute approximate surface area is 102 Å². The highest BCUT2D eigenvalue weighted by molar-refractivity contribution is 4.86. The second-order valence-electron chi connectivity index (χ2n) is 5.94. The zero-order chi connectivity index (χ0) is 11.9. The van der Waals surface area contributed by atoms with E-state index >= 15 is 0 Å². The maximum Gasteiger partial charge on any atom is 0.000779 e. The van der Waals surface area contributed by atoms with E-state index in [2.05, 4.69) is 26.1 Å². The van der Waals surface area contributed by atoms with Gasteiger partial charge in [-0.3, -0.25) is 0 Å². The van der Waals surface area contributed by atoms with Crippen LogP contribution in [0.5, 0.6) is 0 Å². The second kappa shape index (κ2) is 7.32. The summed E-state index contributed by atoms with van der Waals surface area (Å²) in [5, 5.41) is 3.61. The lowest BCUT2D eigenvalue weighted by molar-refractivity contribution is 0.139. The third kappa shape index (κ3) is 4.45. The van der Waals surface area contributed by atoms with Crippen LogP contribution in [-0.2, 0) is 0 Å². The van der Waals surface area contributed by atoms with Gasteiger partial charge in [0, 0.05) is 6.54 Å². The predicted molar refractivity (Wildman–Crippen MR) is 72.8 cm³/mol. The molecule has 0 saturated heterocycles. The number of nitrogens with one attached hydrogen (secondary N) is 1. The number of rotatable bonds is 7. The second-order valence-corrected chi connectivity index (χ2v) is 5.94. The van der Waals surface area contributed by atoms with Crippen LogP contribution in [0.2, 0.25) is 0 Å². The zero-order valence-corrected chi connectivity index (χ0v) is 11.6. The molecule has 0 aromatic carbocycles. The van der Waals surface area contributed by atoms with Crippen molar-refractivity contribution in [3.63, 3.8) is 0 Å². The zero-order valence-electron chi connectivity index (χ0n) is 11.6. The molecule has 1 unspecified atom stereocenters. The van der Waals surface area contributed by atoms with Gasteiger partial charge in [-0.15, -0.1) is 0 Å². The molecule has 1 rings (SSSR count). The van der Waals surface area contributed by atoms with Gasteiger partial charge in [-0.2, -0.15) is 0 Å². The minimum atomic E-state index is 0.642. The molecule has 1 aliphatic rings. The minimum Gasteiger partial charge on any atom is -0.316 e. The van der Waals surface area contributed by atoms with E-state index < -0.39 is 0 Å². The van der Waals surface area contributed by atoms with Crippen molar-refractivity contribution < 1.29 is 0 Å². The van der Waals surface area contributed by atoms with Crippen LogP contribution < -0.4 is 5.32 Å². The molecule has 0 amide bonds. The molecule has 0 bridgehead atoms. The molecule has 0 radical (unpaired) electrons. The van der Waals surface area contributed by atoms with Crippen LogP contribution in [0.3, 0.4) is 0 Å². The van der Waals surface area contributed by atoms with E-state index in [1.54, 1.807) is 0 Å². The van der Waals surface area contributed by atoms with E-state index in [0.29, 0.717) is 5.41 Å². The molecule has 0 aromatic heterocycles. The van der Waals surface area contributed by atoms with Gasteiger partial charge in [-0.25, -0.2) is 0 Å². The fourth-order valence-electron chi connectivity index (χ4n) is 3.48. The van der Waals surface area contributed by atoms with Crippen molar-refractivity contribution in [3.05, 3.63) is 0 Å². The van der Waals surface area contributed by atoms with Crippen molar-refractivity contribution in [1.29, 1.82) is 0 Å². The van der Waals surface area contributed by atoms with Crippen molar-refractivity contribution in [1.82, 2.24) is 5.32 Å². The van der Waals surface area contributed by atoms with E-state index in [9.17, 15) is 0 Å². The summed E-state index contributed by atoms with van der Waals surface area (Å²) in [6, 6.07) is 0. The van der Waals surface area contributed by atoms with Gasteiger partial charge in [-0.05, 0) is 37.1 Å². The van der Waals surface area contributed by atoms with Gasteiger partial charge in [0.15, 0.2) is 0 Å². The molecule has 0 aromatic rings. The Kier molecular flexibility index (Phi) is 6.41. The normalized spacial score (nSPS) is 21.9. The van der Waals surface area contributed by atoms with Crippen molar-refractivity contribution in [3.8, 4) is 0 Å². The highest BCUT2D eigenvalue weighted by Gasteiger charge is 2.32. The number of hydrogen-bond donors (Lipinski definition) is 1. The Morgan fingerprint density at radius 2 is 1.81 bits per heavy atom. The molecule has 0 heterocycles. The molecule has 1 fully saturated rings. The van der Waals surface area contributed by atoms with Crippen molar-refractivity contribution >= 4 is 0 Å². The molecule has 1 aliphatic carbocycles. The summed E-state index contributed by atoms with van der Waals surface area (Å²) in [4.78, 5) is 0. The standard InChI is InChI=1S/C15H31N/c1-4-9-14(3)12-15(13-16-5-2)10-7-6-8-11-15/h14,16H,4-13H2,1-3H3. The summed E-state index contributed by atoms with van der Waals surface area (Å²) in [6.07, 6.45) is 11.5. The van der Waals surface area contributed by atoms with Crippen molar-refractivity contribution in [2.24, 2.45) is 11.3 Å². The van der Waals surface area contributed by atoms with Crippen LogP contribution in [0.15, 0.2) is 0 Å². The Hall–Kier alpha value is -0.0400. The van der Waals surface area contributed by atoms with Crippen LogP contribution in [0, 0.1) is 11.3 Å². The summed E-state index contributed by atoms with van der Waals surface area (Å²) >= 11 is 0. The fraction of sp³-hybridized carbons (Fsp3) is 1.00. The average Bonchev–Trinajstić information content (AvgIpc) is 2.28. The van der Waals surface area contributed by atoms with Gasteiger partial charge < -0.3 is 5.32 Å². The average molecular weight is 225 g/mol. The molecule has 16 heavy (non-hydrogen) atoms. The summed E-state index contributed by atoms with van der Waals surface area (Å²) in [7, 11) is 0. The molecule has 0 spiro atoms. The Morgan fingerprint density at radius 1 is 1.12 bits per heavy atom. The van der Waals surface area contributed by atoms with E-state index in [0.717, 1.165) is 12.5 Å². The first-order valence-electron chi connectivity index (χ1n) is 7.43. The smallest absolute Gasteiger partial charge is 0.000779 e. The monoisotopic (exact) mass is 225 g/mol. The van der Waals surface area contributed by atoms with E-state index in [4.69, 9.17) is 0 Å². The topological polar surface area (TPSA) is 12.0 Å². The molecule has 1 saturated carbocycles. The molecule has 1 nitrogen and oxygen atoms in total. The highest BCUT2D eigenvalue weighted by Crippen LogP contribution is 2.41. The lowest BCUT2D eigenvalue weighted by Gasteiger charge is -2.39. The predicted octanol–water partition coefficient (Wildman–Crippen LogP) is 4.37. The molecule has 1 N–H and O–H groups in total. The van der Waals surface area contributed by atoms with Crippen LogP contribution in [0.4, 0.5) is 0 Å². The maximum absolute atomic E-state index is 3.61. The molecular formula is C15H31N. The fourth-order valence-corrected chi connectivity index (χ4v) is 3.48. The van der Waals surface area contributed by atoms with Crippen LogP contribution >= 0.6 is 0 Å². The van der Waals surface area contributed by atoms with Gasteiger partial charge in [0.1, 0.15) is 0 Å². The first kappa shape index (κ1) is 14.0.